The lowest BCUT2D eigenvalue weighted by molar-refractivity contribution is 0.101. The van der Waals surface area contributed by atoms with Crippen LogP contribution in [-0.2, 0) is 4.79 Å². The highest BCUT2D eigenvalue weighted by Gasteiger charge is 1.99. The van der Waals surface area contributed by atoms with Crippen LogP contribution in [0.2, 0.25) is 0 Å². The monoisotopic (exact) mass is 205 g/mol. The molecule has 0 amide bonds. The van der Waals surface area contributed by atoms with Gasteiger partial charge in [-0.2, -0.15) is 0 Å². The minimum Gasteiger partial charge on any atom is -0.494 e. The number of rotatable bonds is 6. The van der Waals surface area contributed by atoms with E-state index in [1.54, 1.807) is 30.6 Å². The molecule has 0 aromatic heterocycles. The zero-order valence-corrected chi connectivity index (χ0v) is 8.66. The van der Waals surface area contributed by atoms with Crippen molar-refractivity contribution < 1.29 is 14.3 Å². The van der Waals surface area contributed by atoms with Crippen LogP contribution in [0, 0.1) is 0 Å². The summed E-state index contributed by atoms with van der Waals surface area (Å²) < 4.78 is 5.35. The molecule has 15 heavy (non-hydrogen) atoms. The van der Waals surface area contributed by atoms with Crippen LogP contribution < -0.4 is 4.74 Å². The summed E-state index contributed by atoms with van der Waals surface area (Å²) in [6.07, 6.45) is 2.86. The Kier molecular flexibility index (Phi) is 4.54. The van der Waals surface area contributed by atoms with Crippen LogP contribution in [0.5, 0.6) is 5.75 Å². The van der Waals surface area contributed by atoms with Gasteiger partial charge >= 0.3 is 0 Å². The standard InChI is InChI=1S/C12H13O3/c1-10(14)11-4-6-12(7-5-11)15-9-3-2-8-13/h4-7H,2-3,9H2,1H3. The second kappa shape index (κ2) is 5.96. The van der Waals surface area contributed by atoms with Crippen molar-refractivity contribution in [2.75, 3.05) is 6.61 Å². The van der Waals surface area contributed by atoms with Crippen LogP contribution in [0.4, 0.5) is 0 Å². The van der Waals surface area contributed by atoms with Crippen LogP contribution >= 0.6 is 0 Å². The van der Waals surface area contributed by atoms with Crippen LogP contribution in [0.25, 0.3) is 0 Å². The Morgan fingerprint density at radius 2 is 2.00 bits per heavy atom. The van der Waals surface area contributed by atoms with Gasteiger partial charge in [-0.05, 0) is 37.6 Å². The predicted octanol–water partition coefficient (Wildman–Crippen LogP) is 2.16. The molecule has 0 aliphatic carbocycles. The minimum atomic E-state index is 0.0390. The Bertz CT molecular complexity index is 327. The van der Waals surface area contributed by atoms with Gasteiger partial charge in [-0.15, -0.1) is 0 Å². The molecule has 0 saturated carbocycles. The van der Waals surface area contributed by atoms with Crippen molar-refractivity contribution in [2.24, 2.45) is 0 Å². The first-order valence-corrected chi connectivity index (χ1v) is 4.83. The van der Waals surface area contributed by atoms with E-state index in [9.17, 15) is 9.59 Å². The molecule has 0 fully saturated rings. The van der Waals surface area contributed by atoms with E-state index in [1.165, 1.54) is 6.92 Å². The van der Waals surface area contributed by atoms with Crippen molar-refractivity contribution in [3.8, 4) is 5.75 Å². The number of Topliss-reactive ketones (excluding diaryl/α,β-unsaturated/α-hetero) is 1. The molecule has 0 atom stereocenters. The Labute approximate surface area is 89.1 Å². The Balaban J connectivity index is 2.42. The van der Waals surface area contributed by atoms with Crippen molar-refractivity contribution in [3.63, 3.8) is 0 Å². The number of benzene rings is 1. The first-order chi connectivity index (χ1) is 7.24. The summed E-state index contributed by atoms with van der Waals surface area (Å²) in [5.41, 5.74) is 0.670. The summed E-state index contributed by atoms with van der Waals surface area (Å²) in [6.45, 7) is 2.02. The van der Waals surface area contributed by atoms with Crippen molar-refractivity contribution in [1.82, 2.24) is 0 Å². The topological polar surface area (TPSA) is 43.4 Å². The molecule has 0 unspecified atom stereocenters. The first kappa shape index (κ1) is 11.4. The van der Waals surface area contributed by atoms with Gasteiger partial charge in [-0.25, -0.2) is 0 Å². The number of carbonyl (C=O) groups excluding carboxylic acids is 2. The van der Waals surface area contributed by atoms with E-state index in [0.717, 1.165) is 0 Å². The normalized spacial score (nSPS) is 9.67. The molecule has 0 N–H and O–H groups in total. The van der Waals surface area contributed by atoms with E-state index < -0.39 is 0 Å². The molecule has 3 heteroatoms. The third-order valence-electron chi connectivity index (χ3n) is 1.95. The summed E-state index contributed by atoms with van der Waals surface area (Å²) in [6, 6.07) is 6.95. The molecule has 3 nitrogen and oxygen atoms in total. The SMILES string of the molecule is CC(=O)c1ccc(OCCC[C]=O)cc1. The Morgan fingerprint density at radius 3 is 2.53 bits per heavy atom. The van der Waals surface area contributed by atoms with Gasteiger partial charge in [-0.3, -0.25) is 9.59 Å². The lowest BCUT2D eigenvalue weighted by Crippen LogP contribution is -1.98. The van der Waals surface area contributed by atoms with Gasteiger partial charge in [0, 0.05) is 12.0 Å². The highest BCUT2D eigenvalue weighted by Crippen LogP contribution is 2.12. The average molecular weight is 205 g/mol. The van der Waals surface area contributed by atoms with Gasteiger partial charge < -0.3 is 4.74 Å². The van der Waals surface area contributed by atoms with Crippen LogP contribution in [-0.4, -0.2) is 18.7 Å². The van der Waals surface area contributed by atoms with E-state index in [1.807, 2.05) is 0 Å². The van der Waals surface area contributed by atoms with Gasteiger partial charge in [0.15, 0.2) is 12.1 Å². The van der Waals surface area contributed by atoms with Gasteiger partial charge in [0.25, 0.3) is 0 Å². The second-order valence-electron chi connectivity index (χ2n) is 3.18. The molecule has 1 aromatic carbocycles. The summed E-state index contributed by atoms with van der Waals surface area (Å²) in [7, 11) is 0. The van der Waals surface area contributed by atoms with Gasteiger partial charge in [-0.1, -0.05) is 0 Å². The summed E-state index contributed by atoms with van der Waals surface area (Å²) in [4.78, 5) is 20.9. The van der Waals surface area contributed by atoms with E-state index in [4.69, 9.17) is 4.74 Å². The number of hydrogen-bond acceptors (Lipinski definition) is 3. The summed E-state index contributed by atoms with van der Waals surface area (Å²) >= 11 is 0. The van der Waals surface area contributed by atoms with E-state index in [2.05, 4.69) is 0 Å². The molecule has 0 spiro atoms. The van der Waals surface area contributed by atoms with Crippen LogP contribution in [0.3, 0.4) is 0 Å². The van der Waals surface area contributed by atoms with E-state index in [-0.39, 0.29) is 5.78 Å². The number of hydrogen-bond donors (Lipinski definition) is 0. The van der Waals surface area contributed by atoms with Crippen LogP contribution in [0.1, 0.15) is 30.1 Å². The zero-order valence-electron chi connectivity index (χ0n) is 8.66. The highest BCUT2D eigenvalue weighted by atomic mass is 16.5. The molecule has 1 radical (unpaired) electrons. The molecular weight excluding hydrogens is 192 g/mol. The maximum absolute atomic E-state index is 11.0. The van der Waals surface area contributed by atoms with Gasteiger partial charge in [0.05, 0.1) is 6.61 Å². The molecule has 0 aliphatic rings. The minimum absolute atomic E-state index is 0.0390. The fourth-order valence-electron chi connectivity index (χ4n) is 1.12. The molecule has 1 aromatic rings. The third-order valence-corrected chi connectivity index (χ3v) is 1.95. The molecule has 0 heterocycles. The summed E-state index contributed by atoms with van der Waals surface area (Å²) in [5, 5.41) is 0. The highest BCUT2D eigenvalue weighted by molar-refractivity contribution is 5.94. The molecule has 0 bridgehead atoms. The zero-order chi connectivity index (χ0) is 11.1. The van der Waals surface area contributed by atoms with Gasteiger partial charge in [0.2, 0.25) is 0 Å². The van der Waals surface area contributed by atoms with Crippen LogP contribution in [0.15, 0.2) is 24.3 Å². The van der Waals surface area contributed by atoms with E-state index >= 15 is 0 Å². The third kappa shape index (κ3) is 3.94. The molecular formula is C12H13O3. The molecule has 0 aliphatic heterocycles. The quantitative estimate of drug-likeness (QED) is 0.528. The van der Waals surface area contributed by atoms with Gasteiger partial charge in [0.1, 0.15) is 5.75 Å². The number of carbonyl (C=O) groups is 1. The first-order valence-electron chi connectivity index (χ1n) is 4.83. The van der Waals surface area contributed by atoms with Crippen molar-refractivity contribution >= 4 is 12.1 Å². The molecule has 0 saturated heterocycles. The molecule has 1 rings (SSSR count). The average Bonchev–Trinajstić information content (AvgIpc) is 2.25. The largest absolute Gasteiger partial charge is 0.494 e. The number of unbranched alkanes of at least 4 members (excludes halogenated alkanes) is 1. The Morgan fingerprint density at radius 1 is 1.33 bits per heavy atom. The smallest absolute Gasteiger partial charge is 0.198 e. The molecule has 79 valence electrons. The van der Waals surface area contributed by atoms with E-state index in [0.29, 0.717) is 30.8 Å². The van der Waals surface area contributed by atoms with Crippen molar-refractivity contribution in [3.05, 3.63) is 29.8 Å². The lowest BCUT2D eigenvalue weighted by Gasteiger charge is -2.04. The second-order valence-corrected chi connectivity index (χ2v) is 3.18. The number of ketones is 1. The summed E-state index contributed by atoms with van der Waals surface area (Å²) in [5.74, 6) is 0.753. The van der Waals surface area contributed by atoms with Crippen molar-refractivity contribution in [2.45, 2.75) is 19.8 Å². The maximum atomic E-state index is 11.0. The fraction of sp³-hybridized carbons (Fsp3) is 0.333. The Hall–Kier alpha value is -1.64. The number of ether oxygens (including phenoxy) is 1. The lowest BCUT2D eigenvalue weighted by atomic mass is 10.1. The fourth-order valence-corrected chi connectivity index (χ4v) is 1.12. The predicted molar refractivity (Wildman–Crippen MR) is 56.9 cm³/mol. The van der Waals surface area contributed by atoms with Crippen molar-refractivity contribution in [1.29, 1.82) is 0 Å². The maximum Gasteiger partial charge on any atom is 0.198 e.